The van der Waals surface area contributed by atoms with Crippen molar-refractivity contribution < 1.29 is 19.0 Å². The molecule has 9 heteroatoms. The van der Waals surface area contributed by atoms with Gasteiger partial charge in [0.1, 0.15) is 17.1 Å². The number of carbonyl (C=O) groups excluding carboxylic acids is 1. The zero-order valence-electron chi connectivity index (χ0n) is 18.0. The van der Waals surface area contributed by atoms with Crippen LogP contribution in [0.5, 0.6) is 11.5 Å². The van der Waals surface area contributed by atoms with Crippen molar-refractivity contribution in [3.63, 3.8) is 0 Å². The SMILES string of the molecule is CN=C(NCCCNC(=O)OC(C)(C)C)NCCCOc1ccc(OC)cc1.I. The van der Waals surface area contributed by atoms with Gasteiger partial charge in [0.15, 0.2) is 5.96 Å². The van der Waals surface area contributed by atoms with E-state index in [2.05, 4.69) is 20.9 Å². The minimum absolute atomic E-state index is 0. The molecule has 29 heavy (non-hydrogen) atoms. The number of aliphatic imine (C=N–C) groups is 1. The number of guanidine groups is 1. The average Bonchev–Trinajstić information content (AvgIpc) is 2.65. The van der Waals surface area contributed by atoms with E-state index in [-0.39, 0.29) is 24.0 Å². The third-order valence-electron chi connectivity index (χ3n) is 3.48. The van der Waals surface area contributed by atoms with Crippen LogP contribution in [0.1, 0.15) is 33.6 Å². The lowest BCUT2D eigenvalue weighted by molar-refractivity contribution is 0.0527. The number of benzene rings is 1. The van der Waals surface area contributed by atoms with Crippen molar-refractivity contribution >= 4 is 36.0 Å². The summed E-state index contributed by atoms with van der Waals surface area (Å²) in [6, 6.07) is 7.52. The Kier molecular flexibility index (Phi) is 14.0. The van der Waals surface area contributed by atoms with Crippen LogP contribution in [0.3, 0.4) is 0 Å². The molecular weight excluding hydrogens is 487 g/mol. The van der Waals surface area contributed by atoms with E-state index >= 15 is 0 Å². The molecule has 1 rings (SSSR count). The lowest BCUT2D eigenvalue weighted by Gasteiger charge is -2.19. The molecule has 0 aromatic heterocycles. The van der Waals surface area contributed by atoms with E-state index < -0.39 is 11.7 Å². The van der Waals surface area contributed by atoms with Gasteiger partial charge in [-0.25, -0.2) is 4.79 Å². The fourth-order valence-corrected chi connectivity index (χ4v) is 2.16. The van der Waals surface area contributed by atoms with Crippen LogP contribution in [-0.2, 0) is 4.74 Å². The molecular formula is C20H35IN4O4. The molecule has 1 aromatic rings. The Bertz CT molecular complexity index is 603. The van der Waals surface area contributed by atoms with Crippen LogP contribution in [0.25, 0.3) is 0 Å². The van der Waals surface area contributed by atoms with Crippen molar-refractivity contribution in [3.05, 3.63) is 24.3 Å². The normalized spacial score (nSPS) is 11.1. The fraction of sp³-hybridized carbons (Fsp3) is 0.600. The van der Waals surface area contributed by atoms with Gasteiger partial charge < -0.3 is 30.2 Å². The first-order valence-electron chi connectivity index (χ1n) is 9.52. The summed E-state index contributed by atoms with van der Waals surface area (Å²) in [6.45, 7) is 8.10. The van der Waals surface area contributed by atoms with E-state index in [0.717, 1.165) is 36.8 Å². The highest BCUT2D eigenvalue weighted by Crippen LogP contribution is 2.16. The zero-order chi connectivity index (χ0) is 20.8. The predicted molar refractivity (Wildman–Crippen MR) is 127 cm³/mol. The standard InChI is InChI=1S/C20H34N4O4.HI/c1-20(2,3)28-19(25)24-13-6-12-22-18(21-4)23-14-7-15-27-17-10-8-16(26-5)9-11-17;/h8-11H,6-7,12-15H2,1-5H3,(H,24,25)(H2,21,22,23);1H. The number of amides is 1. The van der Waals surface area contributed by atoms with Crippen LogP contribution in [-0.4, -0.2) is 58.1 Å². The van der Waals surface area contributed by atoms with Crippen LogP contribution in [0.4, 0.5) is 4.79 Å². The summed E-state index contributed by atoms with van der Waals surface area (Å²) in [4.78, 5) is 15.7. The lowest BCUT2D eigenvalue weighted by atomic mass is 10.2. The molecule has 0 aliphatic carbocycles. The minimum atomic E-state index is -0.481. The van der Waals surface area contributed by atoms with Crippen LogP contribution >= 0.6 is 24.0 Å². The third-order valence-corrected chi connectivity index (χ3v) is 3.48. The number of rotatable bonds is 10. The van der Waals surface area contributed by atoms with Gasteiger partial charge in [0.2, 0.25) is 0 Å². The van der Waals surface area contributed by atoms with Crippen molar-refractivity contribution in [2.45, 2.75) is 39.2 Å². The number of ether oxygens (including phenoxy) is 3. The molecule has 0 fully saturated rings. The highest BCUT2D eigenvalue weighted by atomic mass is 127. The molecule has 0 aliphatic heterocycles. The topological polar surface area (TPSA) is 93.2 Å². The maximum atomic E-state index is 11.5. The quantitative estimate of drug-likeness (QED) is 0.189. The van der Waals surface area contributed by atoms with Crippen molar-refractivity contribution in [1.29, 1.82) is 0 Å². The number of hydrogen-bond acceptors (Lipinski definition) is 5. The maximum Gasteiger partial charge on any atom is 0.407 e. The van der Waals surface area contributed by atoms with Crippen molar-refractivity contribution in [1.82, 2.24) is 16.0 Å². The van der Waals surface area contributed by atoms with Crippen LogP contribution in [0, 0.1) is 0 Å². The van der Waals surface area contributed by atoms with E-state index in [1.54, 1.807) is 14.2 Å². The molecule has 0 saturated heterocycles. The van der Waals surface area contributed by atoms with Gasteiger partial charge in [-0.2, -0.15) is 0 Å². The predicted octanol–water partition coefficient (Wildman–Crippen LogP) is 3.16. The molecule has 8 nitrogen and oxygen atoms in total. The Hall–Kier alpha value is -1.91. The Morgan fingerprint density at radius 1 is 0.966 bits per heavy atom. The second kappa shape index (κ2) is 15.0. The molecule has 1 aromatic carbocycles. The van der Waals surface area contributed by atoms with Crippen LogP contribution in [0.15, 0.2) is 29.3 Å². The van der Waals surface area contributed by atoms with Gasteiger partial charge in [0.05, 0.1) is 13.7 Å². The van der Waals surface area contributed by atoms with E-state index in [1.807, 2.05) is 45.0 Å². The Balaban J connectivity index is 0.00000784. The van der Waals surface area contributed by atoms with Gasteiger partial charge in [-0.1, -0.05) is 0 Å². The number of hydrogen-bond donors (Lipinski definition) is 3. The Morgan fingerprint density at radius 3 is 2.07 bits per heavy atom. The monoisotopic (exact) mass is 522 g/mol. The lowest BCUT2D eigenvalue weighted by Crippen LogP contribution is -2.39. The molecule has 0 aliphatic rings. The zero-order valence-corrected chi connectivity index (χ0v) is 20.4. The molecule has 3 N–H and O–H groups in total. The summed E-state index contributed by atoms with van der Waals surface area (Å²) in [5, 5.41) is 9.16. The summed E-state index contributed by atoms with van der Waals surface area (Å²) < 4.78 is 16.0. The first-order valence-corrected chi connectivity index (χ1v) is 9.52. The largest absolute Gasteiger partial charge is 0.497 e. The number of carbonyl (C=O) groups is 1. The van der Waals surface area contributed by atoms with Crippen molar-refractivity contribution in [3.8, 4) is 11.5 Å². The average molecular weight is 522 g/mol. The highest BCUT2D eigenvalue weighted by Gasteiger charge is 2.15. The van der Waals surface area contributed by atoms with E-state index in [1.165, 1.54) is 0 Å². The molecule has 0 unspecified atom stereocenters. The van der Waals surface area contributed by atoms with E-state index in [0.29, 0.717) is 19.7 Å². The van der Waals surface area contributed by atoms with Crippen molar-refractivity contribution in [2.75, 3.05) is 40.4 Å². The molecule has 1 amide bonds. The molecule has 0 bridgehead atoms. The minimum Gasteiger partial charge on any atom is -0.497 e. The molecule has 0 atom stereocenters. The van der Waals surface area contributed by atoms with Crippen molar-refractivity contribution in [2.24, 2.45) is 4.99 Å². The molecule has 0 saturated carbocycles. The van der Waals surface area contributed by atoms with Gasteiger partial charge in [-0.3, -0.25) is 4.99 Å². The van der Waals surface area contributed by atoms with Gasteiger partial charge in [0, 0.05) is 26.7 Å². The van der Waals surface area contributed by atoms with Gasteiger partial charge in [-0.15, -0.1) is 24.0 Å². The smallest absolute Gasteiger partial charge is 0.407 e. The number of alkyl carbamates (subject to hydrolysis) is 1. The van der Waals surface area contributed by atoms with Crippen LogP contribution < -0.4 is 25.4 Å². The number of methoxy groups -OCH3 is 1. The van der Waals surface area contributed by atoms with E-state index in [4.69, 9.17) is 14.2 Å². The first kappa shape index (κ1) is 27.1. The summed E-state index contributed by atoms with van der Waals surface area (Å²) in [5.41, 5.74) is -0.481. The Morgan fingerprint density at radius 2 is 1.52 bits per heavy atom. The van der Waals surface area contributed by atoms with Gasteiger partial charge in [-0.05, 0) is 57.9 Å². The maximum absolute atomic E-state index is 11.5. The molecule has 0 spiro atoms. The summed E-state index contributed by atoms with van der Waals surface area (Å²) in [6.07, 6.45) is 1.21. The second-order valence-corrected chi connectivity index (χ2v) is 7.09. The number of nitrogens with one attached hydrogen (secondary N) is 3. The van der Waals surface area contributed by atoms with Crippen LogP contribution in [0.2, 0.25) is 0 Å². The summed E-state index contributed by atoms with van der Waals surface area (Å²) >= 11 is 0. The molecule has 166 valence electrons. The van der Waals surface area contributed by atoms with Gasteiger partial charge >= 0.3 is 6.09 Å². The van der Waals surface area contributed by atoms with Gasteiger partial charge in [0.25, 0.3) is 0 Å². The Labute approximate surface area is 191 Å². The van der Waals surface area contributed by atoms with E-state index in [9.17, 15) is 4.79 Å². The second-order valence-electron chi connectivity index (χ2n) is 7.09. The third kappa shape index (κ3) is 13.8. The number of nitrogens with zero attached hydrogens (tertiary/aromatic N) is 1. The molecule has 0 radical (unpaired) electrons. The highest BCUT2D eigenvalue weighted by molar-refractivity contribution is 14.0. The molecule has 0 heterocycles. The first-order chi connectivity index (χ1) is 13.3. The summed E-state index contributed by atoms with van der Waals surface area (Å²) in [5.74, 6) is 2.35. The fourth-order valence-electron chi connectivity index (χ4n) is 2.16. The summed E-state index contributed by atoms with van der Waals surface area (Å²) in [7, 11) is 3.36. The number of halogens is 1.